The zero-order chi connectivity index (χ0) is 32.1. The second kappa shape index (κ2) is 14.1. The van der Waals surface area contributed by atoms with Crippen molar-refractivity contribution in [1.29, 1.82) is 0 Å². The molecule has 0 saturated carbocycles. The maximum absolute atomic E-state index is 15.2. The van der Waals surface area contributed by atoms with Crippen LogP contribution in [0.1, 0.15) is 70.9 Å². The van der Waals surface area contributed by atoms with Crippen molar-refractivity contribution < 1.29 is 28.2 Å². The van der Waals surface area contributed by atoms with E-state index >= 15 is 4.39 Å². The fourth-order valence-corrected chi connectivity index (χ4v) is 6.06. The minimum atomic E-state index is -1.13. The van der Waals surface area contributed by atoms with Gasteiger partial charge in [-0.25, -0.2) is 9.18 Å². The molecule has 0 spiro atoms. The summed E-state index contributed by atoms with van der Waals surface area (Å²) < 4.78 is 32.3. The van der Waals surface area contributed by atoms with Gasteiger partial charge in [0.2, 0.25) is 5.91 Å². The van der Waals surface area contributed by atoms with Crippen molar-refractivity contribution in [3.63, 3.8) is 0 Å². The molecule has 0 aliphatic carbocycles. The number of ether oxygens (including phenoxy) is 3. The van der Waals surface area contributed by atoms with E-state index in [0.29, 0.717) is 37.5 Å². The van der Waals surface area contributed by atoms with E-state index in [9.17, 15) is 15.1 Å². The number of aromatic nitrogens is 1. The lowest BCUT2D eigenvalue weighted by Gasteiger charge is -2.35. The minimum Gasteiger partial charge on any atom is -0.444 e. The normalized spacial score (nSPS) is 20.0. The SMILES string of the molecule is CC(C)(C)OC(=O)N1C(CCc2c(F)cncc2NC(=O)[C@@H](N=[N+]=[N-])[C@@H](c2ccc(Cl)cc2)C2CCOCC2)COC1(C)C. The van der Waals surface area contributed by atoms with Gasteiger partial charge in [-0.15, -0.1) is 0 Å². The number of pyridine rings is 1. The van der Waals surface area contributed by atoms with Crippen molar-refractivity contribution in [2.24, 2.45) is 11.0 Å². The highest BCUT2D eigenvalue weighted by Crippen LogP contribution is 2.38. The average Bonchev–Trinajstić information content (AvgIpc) is 3.27. The molecule has 238 valence electrons. The molecule has 4 rings (SSSR count). The number of hydrogen-bond acceptors (Lipinski definition) is 7. The van der Waals surface area contributed by atoms with Gasteiger partial charge in [-0.2, -0.15) is 0 Å². The fourth-order valence-electron chi connectivity index (χ4n) is 5.93. The smallest absolute Gasteiger partial charge is 0.412 e. The molecular formula is C31H40ClFN6O5. The number of rotatable bonds is 9. The summed E-state index contributed by atoms with van der Waals surface area (Å²) >= 11 is 6.13. The summed E-state index contributed by atoms with van der Waals surface area (Å²) in [6.45, 7) is 10.2. The molecule has 1 aromatic carbocycles. The number of carbonyl (C=O) groups is 2. The van der Waals surface area contributed by atoms with Crippen LogP contribution in [-0.2, 0) is 25.4 Å². The third-order valence-electron chi connectivity index (χ3n) is 7.97. The summed E-state index contributed by atoms with van der Waals surface area (Å²) in [5.74, 6) is -1.65. The quantitative estimate of drug-likeness (QED) is 0.180. The molecule has 2 saturated heterocycles. The van der Waals surface area contributed by atoms with Gasteiger partial charge in [-0.1, -0.05) is 28.8 Å². The first-order valence-electron chi connectivity index (χ1n) is 14.8. The number of nitrogens with zero attached hydrogens (tertiary/aromatic N) is 5. The van der Waals surface area contributed by atoms with Crippen molar-refractivity contribution >= 4 is 29.3 Å². The van der Waals surface area contributed by atoms with Gasteiger partial charge in [-0.3, -0.25) is 14.7 Å². The van der Waals surface area contributed by atoms with E-state index < -0.39 is 47.1 Å². The maximum atomic E-state index is 15.2. The maximum Gasteiger partial charge on any atom is 0.412 e. The Balaban J connectivity index is 1.58. The number of azide groups is 1. The molecule has 3 atom stereocenters. The molecule has 1 unspecified atom stereocenters. The minimum absolute atomic E-state index is 0.000776. The molecule has 2 fully saturated rings. The van der Waals surface area contributed by atoms with Crippen LogP contribution in [0.15, 0.2) is 41.8 Å². The van der Waals surface area contributed by atoms with Crippen LogP contribution in [0.2, 0.25) is 5.02 Å². The molecule has 1 N–H and O–H groups in total. The van der Waals surface area contributed by atoms with Gasteiger partial charge < -0.3 is 19.5 Å². The lowest BCUT2D eigenvalue weighted by Crippen LogP contribution is -2.50. The van der Waals surface area contributed by atoms with E-state index in [1.54, 1.807) is 46.8 Å². The van der Waals surface area contributed by atoms with Gasteiger partial charge in [0, 0.05) is 34.6 Å². The molecule has 2 aliphatic heterocycles. The van der Waals surface area contributed by atoms with Crippen LogP contribution in [0, 0.1) is 11.7 Å². The Morgan fingerprint density at radius 2 is 1.93 bits per heavy atom. The second-order valence-electron chi connectivity index (χ2n) is 12.6. The molecular weight excluding hydrogens is 591 g/mol. The van der Waals surface area contributed by atoms with Gasteiger partial charge in [0.1, 0.15) is 23.2 Å². The third-order valence-corrected chi connectivity index (χ3v) is 8.22. The fraction of sp³-hybridized carbons (Fsp3) is 0.581. The predicted molar refractivity (Wildman–Crippen MR) is 164 cm³/mol. The Morgan fingerprint density at radius 3 is 2.57 bits per heavy atom. The van der Waals surface area contributed by atoms with E-state index in [4.69, 9.17) is 25.8 Å². The molecule has 44 heavy (non-hydrogen) atoms. The van der Waals surface area contributed by atoms with Crippen molar-refractivity contribution in [3.05, 3.63) is 69.1 Å². The molecule has 2 aliphatic rings. The molecule has 0 radical (unpaired) electrons. The van der Waals surface area contributed by atoms with E-state index in [2.05, 4.69) is 20.3 Å². The van der Waals surface area contributed by atoms with E-state index in [0.717, 1.165) is 11.8 Å². The monoisotopic (exact) mass is 630 g/mol. The van der Waals surface area contributed by atoms with Crippen LogP contribution in [0.3, 0.4) is 0 Å². The number of carbonyl (C=O) groups excluding carboxylic acids is 2. The standard InChI is InChI=1S/C31H40ClFN6O5/c1-30(2,3)44-29(41)39-22(18-43-31(39,4)5)10-11-23-24(33)16-35-17-25(23)36-28(40)27(37-38-34)26(20-12-14-42-15-13-20)19-6-8-21(32)9-7-19/h6-9,16-17,20,22,26-27H,10-15,18H2,1-5H3,(H,36,40)/t22?,26-,27-/m0/s1. The largest absolute Gasteiger partial charge is 0.444 e. The number of benzene rings is 1. The molecule has 0 bridgehead atoms. The highest BCUT2D eigenvalue weighted by atomic mass is 35.5. The van der Waals surface area contributed by atoms with Crippen LogP contribution in [-0.4, -0.2) is 65.1 Å². The van der Waals surface area contributed by atoms with Crippen LogP contribution in [0.4, 0.5) is 14.9 Å². The zero-order valence-corrected chi connectivity index (χ0v) is 26.5. The molecule has 2 amide bonds. The first-order chi connectivity index (χ1) is 20.8. The highest BCUT2D eigenvalue weighted by molar-refractivity contribution is 6.30. The molecule has 1 aromatic heterocycles. The van der Waals surface area contributed by atoms with Gasteiger partial charge >= 0.3 is 6.09 Å². The summed E-state index contributed by atoms with van der Waals surface area (Å²) in [4.78, 5) is 35.4. The molecule has 11 nitrogen and oxygen atoms in total. The summed E-state index contributed by atoms with van der Waals surface area (Å²) in [7, 11) is 0. The molecule has 3 heterocycles. The number of hydrogen-bond donors (Lipinski definition) is 1. The van der Waals surface area contributed by atoms with E-state index in [1.807, 2.05) is 12.1 Å². The predicted octanol–water partition coefficient (Wildman–Crippen LogP) is 7.01. The van der Waals surface area contributed by atoms with Crippen molar-refractivity contribution in [3.8, 4) is 0 Å². The van der Waals surface area contributed by atoms with Gasteiger partial charge in [0.15, 0.2) is 0 Å². The first-order valence-corrected chi connectivity index (χ1v) is 15.2. The first kappa shape index (κ1) is 33.5. The topological polar surface area (TPSA) is 139 Å². The van der Waals surface area contributed by atoms with Crippen LogP contribution in [0.25, 0.3) is 10.4 Å². The van der Waals surface area contributed by atoms with Crippen LogP contribution < -0.4 is 5.32 Å². The zero-order valence-electron chi connectivity index (χ0n) is 25.8. The summed E-state index contributed by atoms with van der Waals surface area (Å²) in [5.41, 5.74) is 9.05. The van der Waals surface area contributed by atoms with Gasteiger partial charge in [0.05, 0.1) is 30.7 Å². The van der Waals surface area contributed by atoms with Crippen molar-refractivity contribution in [1.82, 2.24) is 9.88 Å². The lowest BCUT2D eigenvalue weighted by molar-refractivity contribution is -0.118. The Kier molecular flexibility index (Phi) is 10.7. The van der Waals surface area contributed by atoms with Crippen LogP contribution >= 0.6 is 11.6 Å². The summed E-state index contributed by atoms with van der Waals surface area (Å²) in [6.07, 6.45) is 3.79. The number of anilines is 1. The van der Waals surface area contributed by atoms with Gasteiger partial charge in [-0.05, 0) is 89.4 Å². The summed E-state index contributed by atoms with van der Waals surface area (Å²) in [6, 6.07) is 5.59. The lowest BCUT2D eigenvalue weighted by atomic mass is 9.76. The van der Waals surface area contributed by atoms with Crippen molar-refractivity contribution in [2.45, 2.75) is 89.6 Å². The number of amides is 2. The Bertz CT molecular complexity index is 1370. The van der Waals surface area contributed by atoms with E-state index in [-0.39, 0.29) is 30.2 Å². The number of nitrogens with one attached hydrogen (secondary N) is 1. The van der Waals surface area contributed by atoms with Gasteiger partial charge in [0.25, 0.3) is 0 Å². The van der Waals surface area contributed by atoms with Crippen molar-refractivity contribution in [2.75, 3.05) is 25.1 Å². The number of halogens is 2. The second-order valence-corrected chi connectivity index (χ2v) is 13.1. The Morgan fingerprint density at radius 1 is 1.25 bits per heavy atom. The van der Waals surface area contributed by atoms with E-state index in [1.165, 1.54) is 11.1 Å². The summed E-state index contributed by atoms with van der Waals surface area (Å²) in [5, 5.41) is 7.27. The molecule has 2 aromatic rings. The highest BCUT2D eigenvalue weighted by Gasteiger charge is 2.45. The average molecular weight is 631 g/mol. The molecule has 13 heteroatoms. The third kappa shape index (κ3) is 8.18. The Labute approximate surface area is 262 Å². The van der Waals surface area contributed by atoms with Crippen LogP contribution in [0.5, 0.6) is 0 Å². The Hall–Kier alpha value is -3.44.